The first kappa shape index (κ1) is 30.7. The summed E-state index contributed by atoms with van der Waals surface area (Å²) in [7, 11) is -3.69. The predicted octanol–water partition coefficient (Wildman–Crippen LogP) is 3.50. The van der Waals surface area contributed by atoms with Crippen molar-refractivity contribution in [3.8, 4) is 0 Å². The molecule has 1 aromatic rings. The van der Waals surface area contributed by atoms with Gasteiger partial charge in [0.2, 0.25) is 5.91 Å². The van der Waals surface area contributed by atoms with Crippen molar-refractivity contribution < 1.29 is 33.4 Å². The third-order valence-corrected chi connectivity index (χ3v) is 8.59. The van der Waals surface area contributed by atoms with Gasteiger partial charge in [0, 0.05) is 11.6 Å². The lowest BCUT2D eigenvalue weighted by Gasteiger charge is -2.30. The van der Waals surface area contributed by atoms with E-state index in [4.69, 9.17) is 31.1 Å². The van der Waals surface area contributed by atoms with Gasteiger partial charge in [-0.25, -0.2) is 4.79 Å². The molecule has 1 aliphatic rings. The number of halogens is 1. The monoisotopic (exact) mass is 548 g/mol. The number of carbonyl (C=O) groups is 2. The van der Waals surface area contributed by atoms with Crippen LogP contribution in [0.15, 0.2) is 24.3 Å². The lowest BCUT2D eigenvalue weighted by Crippen LogP contribution is -2.55. The molecule has 204 valence electrons. The molecule has 0 aromatic heterocycles. The Labute approximate surface area is 218 Å². The molecule has 1 aromatic carbocycles. The van der Waals surface area contributed by atoms with Crippen LogP contribution in [-0.2, 0) is 25.2 Å². The minimum Gasteiger partial charge on any atom is -0.445 e. The first-order valence-electron chi connectivity index (χ1n) is 12.5. The summed E-state index contributed by atoms with van der Waals surface area (Å²) in [6.07, 6.45) is 4.90. The molecule has 0 saturated heterocycles. The smallest absolute Gasteiger partial charge is 0.442 e. The first-order chi connectivity index (χ1) is 17.2. The van der Waals surface area contributed by atoms with E-state index in [1.54, 1.807) is 38.1 Å². The standard InChI is InChI=1S/C24H39ClN3O7P/c1-3-34-36(32,35-4-2)23(30)21(15-26)27-22(29)20(14-17-9-6-5-7-10-17)28-24(31)33-16-18-11-8-12-19(25)13-18/h8,11-13,17,20-21,23,30,32H,3-7,9-10,14-16,26H2,1-2H3,(H-,27,28,29,31)/p+1/t20-,21?,23?/m0/s1. The Morgan fingerprint density at radius 1 is 1.17 bits per heavy atom. The van der Waals surface area contributed by atoms with Gasteiger partial charge < -0.3 is 26.2 Å². The highest BCUT2D eigenvalue weighted by Gasteiger charge is 2.53. The molecule has 1 aliphatic carbocycles. The number of nitrogens with one attached hydrogen (secondary N) is 2. The van der Waals surface area contributed by atoms with Crippen molar-refractivity contribution in [1.29, 1.82) is 0 Å². The number of aliphatic hydroxyl groups excluding tert-OH is 1. The lowest BCUT2D eigenvalue weighted by molar-refractivity contribution is -0.124. The third kappa shape index (κ3) is 9.74. The molecule has 1 fully saturated rings. The predicted molar refractivity (Wildman–Crippen MR) is 139 cm³/mol. The number of hydrogen-bond acceptors (Lipinski definition) is 8. The highest BCUT2D eigenvalue weighted by atomic mass is 35.5. The van der Waals surface area contributed by atoms with E-state index < -0.39 is 37.9 Å². The number of carbonyl (C=O) groups excluding carboxylic acids is 2. The largest absolute Gasteiger partial charge is 0.445 e. The van der Waals surface area contributed by atoms with Gasteiger partial charge in [-0.3, -0.25) is 4.79 Å². The van der Waals surface area contributed by atoms with E-state index in [2.05, 4.69) is 10.6 Å². The summed E-state index contributed by atoms with van der Waals surface area (Å²) in [5.74, 6) is -1.83. The minimum atomic E-state index is -3.69. The fraction of sp³-hybridized carbons (Fsp3) is 0.667. The Morgan fingerprint density at radius 3 is 2.42 bits per heavy atom. The van der Waals surface area contributed by atoms with E-state index in [1.807, 2.05) is 0 Å². The number of amides is 2. The number of hydrogen-bond donors (Lipinski definition) is 5. The van der Waals surface area contributed by atoms with Crippen LogP contribution in [0, 0.1) is 5.92 Å². The maximum atomic E-state index is 13.3. The molecule has 2 rings (SSSR count). The second-order valence-electron chi connectivity index (χ2n) is 8.81. The van der Waals surface area contributed by atoms with Crippen LogP contribution >= 0.6 is 19.5 Å². The lowest BCUT2D eigenvalue weighted by atomic mass is 9.84. The van der Waals surface area contributed by atoms with E-state index in [9.17, 15) is 19.6 Å². The number of aliphatic hydroxyl groups is 1. The summed E-state index contributed by atoms with van der Waals surface area (Å²) < 4.78 is 15.9. The van der Waals surface area contributed by atoms with Crippen LogP contribution in [0.3, 0.4) is 0 Å². The van der Waals surface area contributed by atoms with Gasteiger partial charge >= 0.3 is 14.0 Å². The Kier molecular flexibility index (Phi) is 13.4. The van der Waals surface area contributed by atoms with Crippen molar-refractivity contribution in [2.45, 2.75) is 76.9 Å². The average Bonchev–Trinajstić information content (AvgIpc) is 2.86. The Hall–Kier alpha value is -1.52. The Bertz CT molecular complexity index is 823. The van der Waals surface area contributed by atoms with Crippen LogP contribution in [0.5, 0.6) is 0 Å². The maximum Gasteiger partial charge on any atom is 0.442 e. The summed E-state index contributed by atoms with van der Waals surface area (Å²) in [6.45, 7) is 3.35. The minimum absolute atomic E-state index is 0.00543. The summed E-state index contributed by atoms with van der Waals surface area (Å²) in [4.78, 5) is 36.6. The van der Waals surface area contributed by atoms with Crippen LogP contribution in [-0.4, -0.2) is 59.7 Å². The second-order valence-corrected chi connectivity index (χ2v) is 11.4. The van der Waals surface area contributed by atoms with Gasteiger partial charge in [-0.1, -0.05) is 55.8 Å². The second kappa shape index (κ2) is 15.7. The molecule has 2 unspecified atom stereocenters. The summed E-state index contributed by atoms with van der Waals surface area (Å²) in [6, 6.07) is 4.98. The number of ether oxygens (including phenoxy) is 1. The van der Waals surface area contributed by atoms with Crippen molar-refractivity contribution in [3.63, 3.8) is 0 Å². The van der Waals surface area contributed by atoms with Gasteiger partial charge in [-0.05, 0) is 43.9 Å². The fourth-order valence-corrected chi connectivity index (χ4v) is 6.26. The Balaban J connectivity index is 2.09. The van der Waals surface area contributed by atoms with Crippen molar-refractivity contribution in [2.24, 2.45) is 11.7 Å². The highest BCUT2D eigenvalue weighted by molar-refractivity contribution is 7.61. The van der Waals surface area contributed by atoms with Gasteiger partial charge in [0.1, 0.15) is 18.7 Å². The zero-order chi connectivity index (χ0) is 26.6. The molecule has 10 nitrogen and oxygen atoms in total. The van der Waals surface area contributed by atoms with E-state index in [0.29, 0.717) is 17.0 Å². The maximum absolute atomic E-state index is 13.3. The quantitative estimate of drug-likeness (QED) is 0.221. The van der Waals surface area contributed by atoms with Crippen LogP contribution in [0.4, 0.5) is 4.79 Å². The number of alkyl carbamates (subject to hydrolysis) is 1. The van der Waals surface area contributed by atoms with E-state index >= 15 is 0 Å². The molecule has 2 amide bonds. The molecular weight excluding hydrogens is 509 g/mol. The van der Waals surface area contributed by atoms with Gasteiger partial charge in [0.05, 0.1) is 13.2 Å². The number of nitrogens with two attached hydrogens (primary N) is 1. The van der Waals surface area contributed by atoms with Crippen molar-refractivity contribution in [2.75, 3.05) is 19.8 Å². The summed E-state index contributed by atoms with van der Waals surface area (Å²) in [5, 5.41) is 16.6. The van der Waals surface area contributed by atoms with Gasteiger partial charge in [0.25, 0.3) is 5.85 Å². The van der Waals surface area contributed by atoms with Crippen molar-refractivity contribution in [1.82, 2.24) is 10.6 Å². The fourth-order valence-electron chi connectivity index (χ4n) is 4.27. The molecule has 0 spiro atoms. The summed E-state index contributed by atoms with van der Waals surface area (Å²) in [5.41, 5.74) is 6.53. The third-order valence-electron chi connectivity index (χ3n) is 6.07. The molecule has 0 heterocycles. The van der Waals surface area contributed by atoms with Gasteiger partial charge in [-0.2, -0.15) is 13.9 Å². The Morgan fingerprint density at radius 2 is 1.83 bits per heavy atom. The molecule has 3 atom stereocenters. The average molecular weight is 549 g/mol. The van der Waals surface area contributed by atoms with E-state index in [-0.39, 0.29) is 32.3 Å². The molecule has 6 N–H and O–H groups in total. The molecule has 1 saturated carbocycles. The van der Waals surface area contributed by atoms with Crippen LogP contribution < -0.4 is 16.4 Å². The molecule has 0 radical (unpaired) electrons. The zero-order valence-electron chi connectivity index (χ0n) is 21.0. The molecule has 12 heteroatoms. The summed E-state index contributed by atoms with van der Waals surface area (Å²) >= 11 is 5.98. The van der Waals surface area contributed by atoms with Gasteiger partial charge in [0.15, 0.2) is 0 Å². The molecule has 0 bridgehead atoms. The van der Waals surface area contributed by atoms with Crippen LogP contribution in [0.2, 0.25) is 5.02 Å². The number of benzene rings is 1. The van der Waals surface area contributed by atoms with Gasteiger partial charge in [-0.15, -0.1) is 0 Å². The van der Waals surface area contributed by atoms with Crippen molar-refractivity contribution in [3.05, 3.63) is 34.9 Å². The molecular formula is C24H40ClN3O7P+. The topological polar surface area (TPSA) is 152 Å². The first-order valence-corrected chi connectivity index (χ1v) is 14.5. The van der Waals surface area contributed by atoms with E-state index in [0.717, 1.165) is 32.1 Å². The highest BCUT2D eigenvalue weighted by Crippen LogP contribution is 2.61. The normalized spacial score (nSPS) is 17.2. The van der Waals surface area contributed by atoms with Crippen LogP contribution in [0.1, 0.15) is 57.9 Å². The molecule has 36 heavy (non-hydrogen) atoms. The van der Waals surface area contributed by atoms with Crippen LogP contribution in [0.25, 0.3) is 0 Å². The number of rotatable bonds is 14. The molecule has 0 aliphatic heterocycles. The zero-order valence-corrected chi connectivity index (χ0v) is 22.7. The van der Waals surface area contributed by atoms with E-state index in [1.165, 1.54) is 0 Å². The van der Waals surface area contributed by atoms with Crippen molar-refractivity contribution >= 4 is 31.5 Å². The SMILES string of the molecule is CCO[P+](O)(OCC)C(O)C(CN)NC(=O)[C@H](CC1CCCCC1)NC(=O)OCc1cccc(Cl)c1.